The van der Waals surface area contributed by atoms with Gasteiger partial charge in [0.25, 0.3) is 0 Å². The monoisotopic (exact) mass is 344 g/mol. The molecule has 4 rings (SSSR count). The van der Waals surface area contributed by atoms with Gasteiger partial charge in [0.05, 0.1) is 13.2 Å². The standard InChI is InChI=1S/C19H24N2O4/c1-11-8-16(23)20-14-9-15(22)13-3-2-12(19(24)18(13)17(11)14)10-21-4-6-25-7-5-21/h9,11-12,22H,2-8,10H2,1H3,(H,20,23). The van der Waals surface area contributed by atoms with Crippen LogP contribution in [0.3, 0.4) is 0 Å². The van der Waals surface area contributed by atoms with Crippen molar-refractivity contribution >= 4 is 17.4 Å². The highest BCUT2D eigenvalue weighted by atomic mass is 16.5. The zero-order valence-corrected chi connectivity index (χ0v) is 14.5. The molecule has 2 N–H and O–H groups in total. The van der Waals surface area contributed by atoms with Gasteiger partial charge in [-0.3, -0.25) is 14.5 Å². The number of benzene rings is 1. The Kier molecular flexibility index (Phi) is 4.25. The highest BCUT2D eigenvalue weighted by molar-refractivity contribution is 6.06. The van der Waals surface area contributed by atoms with Gasteiger partial charge in [-0.2, -0.15) is 0 Å². The summed E-state index contributed by atoms with van der Waals surface area (Å²) in [6, 6.07) is 1.61. The number of anilines is 1. The van der Waals surface area contributed by atoms with Crippen molar-refractivity contribution in [2.24, 2.45) is 5.92 Å². The number of phenols is 1. The Balaban J connectivity index is 1.68. The fourth-order valence-electron chi connectivity index (χ4n) is 4.38. The quantitative estimate of drug-likeness (QED) is 0.857. The number of phenolic OH excluding ortho intramolecular Hbond substituents is 1. The van der Waals surface area contributed by atoms with Gasteiger partial charge in [0, 0.05) is 54.9 Å². The number of carbonyl (C=O) groups excluding carboxylic acids is 2. The SMILES string of the molecule is CC1CC(=O)Nc2cc(O)c3c(c21)C(=O)C(CN1CCOCC1)CC3. The molecule has 1 amide bonds. The van der Waals surface area contributed by atoms with Crippen molar-refractivity contribution in [3.8, 4) is 5.75 Å². The predicted octanol–water partition coefficient (Wildman–Crippen LogP) is 1.92. The van der Waals surface area contributed by atoms with Crippen LogP contribution in [0.5, 0.6) is 5.75 Å². The molecule has 2 atom stereocenters. The summed E-state index contributed by atoms with van der Waals surface area (Å²) < 4.78 is 5.39. The van der Waals surface area contributed by atoms with Crippen LogP contribution >= 0.6 is 0 Å². The van der Waals surface area contributed by atoms with Crippen LogP contribution in [-0.2, 0) is 16.0 Å². The molecule has 1 saturated heterocycles. The minimum atomic E-state index is -0.0625. The number of hydrogen-bond donors (Lipinski definition) is 2. The van der Waals surface area contributed by atoms with E-state index in [1.165, 1.54) is 0 Å². The number of fused-ring (bicyclic) bond motifs is 3. The van der Waals surface area contributed by atoms with E-state index < -0.39 is 0 Å². The second-order valence-corrected chi connectivity index (χ2v) is 7.38. The zero-order chi connectivity index (χ0) is 17.6. The van der Waals surface area contributed by atoms with Gasteiger partial charge in [-0.1, -0.05) is 6.92 Å². The lowest BCUT2D eigenvalue weighted by Crippen LogP contribution is -2.42. The Morgan fingerprint density at radius 1 is 1.32 bits per heavy atom. The molecule has 6 nitrogen and oxygen atoms in total. The second-order valence-electron chi connectivity index (χ2n) is 7.38. The third-order valence-electron chi connectivity index (χ3n) is 5.65. The lowest BCUT2D eigenvalue weighted by Gasteiger charge is -2.35. The molecule has 1 fully saturated rings. The molecule has 25 heavy (non-hydrogen) atoms. The summed E-state index contributed by atoms with van der Waals surface area (Å²) >= 11 is 0. The van der Waals surface area contributed by atoms with Crippen molar-refractivity contribution in [2.45, 2.75) is 32.1 Å². The largest absolute Gasteiger partial charge is 0.508 e. The minimum absolute atomic E-state index is 0.0100. The van der Waals surface area contributed by atoms with Crippen LogP contribution in [0.25, 0.3) is 0 Å². The molecular formula is C19H24N2O4. The van der Waals surface area contributed by atoms with Gasteiger partial charge in [-0.15, -0.1) is 0 Å². The van der Waals surface area contributed by atoms with Gasteiger partial charge in [0.15, 0.2) is 5.78 Å². The first-order chi connectivity index (χ1) is 12.0. The topological polar surface area (TPSA) is 78.9 Å². The maximum absolute atomic E-state index is 13.3. The van der Waals surface area contributed by atoms with Crippen molar-refractivity contribution in [1.82, 2.24) is 4.90 Å². The number of carbonyl (C=O) groups is 2. The van der Waals surface area contributed by atoms with Gasteiger partial charge >= 0.3 is 0 Å². The van der Waals surface area contributed by atoms with Crippen molar-refractivity contribution in [3.63, 3.8) is 0 Å². The molecule has 0 radical (unpaired) electrons. The number of Topliss-reactive ketones (excluding diaryl/α,β-unsaturated/α-hetero) is 1. The van der Waals surface area contributed by atoms with Gasteiger partial charge in [0.1, 0.15) is 5.75 Å². The van der Waals surface area contributed by atoms with E-state index in [2.05, 4.69) is 10.2 Å². The maximum atomic E-state index is 13.3. The van der Waals surface area contributed by atoms with E-state index >= 15 is 0 Å². The highest BCUT2D eigenvalue weighted by Gasteiger charge is 2.37. The molecule has 6 heteroatoms. The average Bonchev–Trinajstić information content (AvgIpc) is 2.58. The van der Waals surface area contributed by atoms with Crippen LogP contribution in [-0.4, -0.2) is 54.5 Å². The first-order valence-electron chi connectivity index (χ1n) is 9.07. The summed E-state index contributed by atoms with van der Waals surface area (Å²) in [4.78, 5) is 27.4. The normalized spacial score (nSPS) is 26.8. The number of hydrogen-bond acceptors (Lipinski definition) is 5. The smallest absolute Gasteiger partial charge is 0.224 e. The number of rotatable bonds is 2. The molecule has 0 aromatic heterocycles. The Morgan fingerprint density at radius 2 is 2.08 bits per heavy atom. The Bertz CT molecular complexity index is 725. The first kappa shape index (κ1) is 16.5. The molecular weight excluding hydrogens is 320 g/mol. The minimum Gasteiger partial charge on any atom is -0.508 e. The molecule has 0 spiro atoms. The molecule has 1 aliphatic carbocycles. The third-order valence-corrected chi connectivity index (χ3v) is 5.65. The number of nitrogens with zero attached hydrogens (tertiary/aromatic N) is 1. The van der Waals surface area contributed by atoms with E-state index in [9.17, 15) is 14.7 Å². The maximum Gasteiger partial charge on any atom is 0.224 e. The molecule has 1 aromatic carbocycles. The number of morpholine rings is 1. The average molecular weight is 344 g/mol. The fourth-order valence-corrected chi connectivity index (χ4v) is 4.38. The Labute approximate surface area is 147 Å². The van der Waals surface area contributed by atoms with Crippen molar-refractivity contribution in [1.29, 1.82) is 0 Å². The van der Waals surface area contributed by atoms with Crippen LogP contribution in [0.1, 0.15) is 47.2 Å². The van der Waals surface area contributed by atoms with Gasteiger partial charge in [-0.25, -0.2) is 0 Å². The van der Waals surface area contributed by atoms with Crippen LogP contribution in [0.4, 0.5) is 5.69 Å². The Morgan fingerprint density at radius 3 is 2.84 bits per heavy atom. The summed E-state index contributed by atoms with van der Waals surface area (Å²) in [5.74, 6) is 0.113. The van der Waals surface area contributed by atoms with Gasteiger partial charge in [-0.05, 0) is 24.3 Å². The fraction of sp³-hybridized carbons (Fsp3) is 0.579. The number of aromatic hydroxyl groups is 1. The van der Waals surface area contributed by atoms with Gasteiger partial charge < -0.3 is 15.2 Å². The van der Waals surface area contributed by atoms with E-state index in [0.717, 1.165) is 50.4 Å². The van der Waals surface area contributed by atoms with Crippen LogP contribution in [0, 0.1) is 5.92 Å². The molecule has 134 valence electrons. The first-order valence-corrected chi connectivity index (χ1v) is 9.07. The summed E-state index contributed by atoms with van der Waals surface area (Å²) in [6.07, 6.45) is 1.85. The molecule has 0 saturated carbocycles. The number of ether oxygens (including phenoxy) is 1. The van der Waals surface area contributed by atoms with E-state index in [1.807, 2.05) is 6.92 Å². The summed E-state index contributed by atoms with van der Waals surface area (Å²) in [5.41, 5.74) is 2.92. The Hall–Kier alpha value is -1.92. The molecule has 2 aliphatic heterocycles. The molecule has 2 unspecified atom stereocenters. The van der Waals surface area contributed by atoms with E-state index in [4.69, 9.17) is 4.74 Å². The summed E-state index contributed by atoms with van der Waals surface area (Å²) in [5, 5.41) is 13.2. The summed E-state index contributed by atoms with van der Waals surface area (Å²) in [7, 11) is 0. The van der Waals surface area contributed by atoms with Crippen LogP contribution < -0.4 is 5.32 Å². The van der Waals surface area contributed by atoms with Gasteiger partial charge in [0.2, 0.25) is 5.91 Å². The van der Waals surface area contributed by atoms with Crippen LogP contribution in [0.15, 0.2) is 6.07 Å². The lowest BCUT2D eigenvalue weighted by molar-refractivity contribution is -0.116. The van der Waals surface area contributed by atoms with E-state index in [1.54, 1.807) is 6.07 Å². The number of nitrogens with one attached hydrogen (secondary N) is 1. The van der Waals surface area contributed by atoms with Crippen molar-refractivity contribution in [2.75, 3.05) is 38.2 Å². The molecule has 0 bridgehead atoms. The molecule has 1 aromatic rings. The third kappa shape index (κ3) is 2.93. The van der Waals surface area contributed by atoms with Crippen molar-refractivity contribution < 1.29 is 19.4 Å². The number of ketones is 1. The highest BCUT2D eigenvalue weighted by Crippen LogP contribution is 2.44. The van der Waals surface area contributed by atoms with E-state index in [-0.39, 0.29) is 29.3 Å². The predicted molar refractivity (Wildman–Crippen MR) is 93.2 cm³/mol. The second kappa shape index (κ2) is 6.42. The lowest BCUT2D eigenvalue weighted by atomic mass is 9.75. The zero-order valence-electron chi connectivity index (χ0n) is 14.5. The number of amides is 1. The van der Waals surface area contributed by atoms with E-state index in [0.29, 0.717) is 24.1 Å². The summed E-state index contributed by atoms with van der Waals surface area (Å²) in [6.45, 7) is 5.89. The van der Waals surface area contributed by atoms with Crippen LogP contribution in [0.2, 0.25) is 0 Å². The molecule has 2 heterocycles. The molecule has 3 aliphatic rings. The van der Waals surface area contributed by atoms with Crippen molar-refractivity contribution in [3.05, 3.63) is 22.8 Å².